The van der Waals surface area contributed by atoms with Gasteiger partial charge >= 0.3 is 0 Å². The van der Waals surface area contributed by atoms with Crippen LogP contribution in [0.5, 0.6) is 0 Å². The van der Waals surface area contributed by atoms with Crippen LogP contribution in [0.2, 0.25) is 18.1 Å². The first kappa shape index (κ1) is 47.0. The standard InChI is InChI=1S/C34H46NSSi.C13H24O2.Ir/c1-21(2)18-37(19-22(3)4,20-23(5)6)34-26(10)29-13-14-35-32(33(29)36-34)28-16-27-15-25(9)11-12-30(27)31(17-28)24(7)8;1-5-10(6-2)12(14)9-13(15)11(7-3)8-4;/h11-15,17,21-24H,18-20H2,1-10H3;9-11,14H,5-8H2,1-4H3;/q-1;;/b;12-9-;. The number of aliphatic hydroxyl groups is 1. The average molecular weight is 933 g/mol. The molecule has 1 radical (unpaired) electrons. The molecule has 4 rings (SSSR count). The van der Waals surface area contributed by atoms with Crippen LogP contribution in [0.4, 0.5) is 0 Å². The number of benzene rings is 2. The van der Waals surface area contributed by atoms with E-state index in [1.54, 1.807) is 4.50 Å². The van der Waals surface area contributed by atoms with Gasteiger partial charge in [0.2, 0.25) is 0 Å². The van der Waals surface area contributed by atoms with Crippen molar-refractivity contribution in [2.24, 2.45) is 29.6 Å². The number of fused-ring (bicyclic) bond motifs is 2. The molecule has 6 heteroatoms. The van der Waals surface area contributed by atoms with E-state index in [2.05, 4.69) is 117 Å². The third-order valence-electron chi connectivity index (χ3n) is 10.7. The van der Waals surface area contributed by atoms with Gasteiger partial charge in [-0.15, -0.1) is 29.1 Å². The van der Waals surface area contributed by atoms with E-state index in [1.807, 2.05) is 33.9 Å². The largest absolute Gasteiger partial charge is 0.512 e. The van der Waals surface area contributed by atoms with Gasteiger partial charge in [0.15, 0.2) is 5.78 Å². The molecule has 0 amide bonds. The van der Waals surface area contributed by atoms with Crippen LogP contribution in [0.1, 0.15) is 131 Å². The second kappa shape index (κ2) is 21.3. The number of aryl methyl sites for hydroxylation is 2. The van der Waals surface area contributed by atoms with Crippen LogP contribution in [0.15, 0.2) is 48.4 Å². The van der Waals surface area contributed by atoms with Crippen LogP contribution in [0.3, 0.4) is 0 Å². The number of aliphatic hydroxyl groups excluding tert-OH is 1. The summed E-state index contributed by atoms with van der Waals surface area (Å²) >= 11 is 2.08. The van der Waals surface area contributed by atoms with Gasteiger partial charge in [0.05, 0.1) is 5.76 Å². The molecule has 0 spiro atoms. The van der Waals surface area contributed by atoms with Gasteiger partial charge in [-0.3, -0.25) is 9.78 Å². The number of nitrogens with zero attached hydrogens (tertiary/aromatic N) is 1. The molecule has 0 unspecified atom stereocenters. The minimum atomic E-state index is -1.71. The Morgan fingerprint density at radius 3 is 1.85 bits per heavy atom. The molecule has 0 fully saturated rings. The maximum Gasteiger partial charge on any atom is 0.162 e. The van der Waals surface area contributed by atoms with E-state index >= 15 is 0 Å². The molecule has 53 heavy (non-hydrogen) atoms. The molecule has 0 atom stereocenters. The fraction of sp³-hybridized carbons (Fsp3) is 0.574. The minimum Gasteiger partial charge on any atom is -0.512 e. The van der Waals surface area contributed by atoms with Crippen LogP contribution >= 0.6 is 11.3 Å². The summed E-state index contributed by atoms with van der Waals surface area (Å²) < 4.78 is 3.09. The summed E-state index contributed by atoms with van der Waals surface area (Å²) in [7, 11) is -1.71. The van der Waals surface area contributed by atoms with Crippen LogP contribution in [0.25, 0.3) is 32.1 Å². The maximum absolute atomic E-state index is 11.7. The predicted molar refractivity (Wildman–Crippen MR) is 233 cm³/mol. The van der Waals surface area contributed by atoms with Gasteiger partial charge in [0.1, 0.15) is 8.07 Å². The minimum absolute atomic E-state index is 0. The number of carbonyl (C=O) groups is 1. The first-order valence-corrected chi connectivity index (χ1v) is 23.8. The second-order valence-corrected chi connectivity index (χ2v) is 22.7. The summed E-state index contributed by atoms with van der Waals surface area (Å²) in [6.07, 6.45) is 6.94. The number of ketones is 1. The molecule has 0 bridgehead atoms. The maximum atomic E-state index is 11.7. The Balaban J connectivity index is 0.000000516. The summed E-state index contributed by atoms with van der Waals surface area (Å²) in [4.78, 5) is 16.7. The Morgan fingerprint density at radius 2 is 1.36 bits per heavy atom. The van der Waals surface area contributed by atoms with Crippen molar-refractivity contribution >= 4 is 50.6 Å². The molecule has 1 N–H and O–H groups in total. The Kier molecular flexibility index (Phi) is 18.9. The topological polar surface area (TPSA) is 50.2 Å². The Morgan fingerprint density at radius 1 is 0.811 bits per heavy atom. The smallest absolute Gasteiger partial charge is 0.162 e. The first-order chi connectivity index (χ1) is 24.5. The SMILES string of the molecule is CCC(CC)C(=O)/C=C(\O)C(CC)CC.Cc1ccc2c(C(C)C)cc(-c3nccc4c(C)c([Si](CC(C)C)(CC(C)C)CC(C)C)sc34)[c-]c2c1.[Ir]. The zero-order valence-electron chi connectivity index (χ0n) is 35.5. The van der Waals surface area contributed by atoms with Crippen LogP contribution < -0.4 is 4.50 Å². The van der Waals surface area contributed by atoms with E-state index in [-0.39, 0.29) is 43.5 Å². The molecular weight excluding hydrogens is 863 g/mol. The molecule has 3 nitrogen and oxygen atoms in total. The summed E-state index contributed by atoms with van der Waals surface area (Å²) in [5, 5.41) is 13.7. The van der Waals surface area contributed by atoms with E-state index in [4.69, 9.17) is 4.98 Å². The Hall–Kier alpha value is -2.11. The van der Waals surface area contributed by atoms with Crippen molar-refractivity contribution < 1.29 is 30.0 Å². The van der Waals surface area contributed by atoms with Gasteiger partial charge in [-0.1, -0.05) is 130 Å². The molecule has 0 saturated carbocycles. The van der Waals surface area contributed by atoms with E-state index in [1.165, 1.54) is 61.8 Å². The number of aromatic nitrogens is 1. The number of allylic oxidation sites excluding steroid dienone is 2. The van der Waals surface area contributed by atoms with Gasteiger partial charge < -0.3 is 5.11 Å². The van der Waals surface area contributed by atoms with Crippen molar-refractivity contribution in [3.05, 3.63) is 71.1 Å². The average Bonchev–Trinajstić information content (AvgIpc) is 3.41. The fourth-order valence-electron chi connectivity index (χ4n) is 8.53. The molecule has 4 aromatic rings. The number of hydrogen-bond acceptors (Lipinski definition) is 4. The van der Waals surface area contributed by atoms with Gasteiger partial charge in [0, 0.05) is 54.6 Å². The van der Waals surface area contributed by atoms with Gasteiger partial charge in [-0.2, -0.15) is 11.3 Å². The Bertz CT molecular complexity index is 1770. The normalized spacial score (nSPS) is 12.5. The van der Waals surface area contributed by atoms with E-state index in [9.17, 15) is 9.90 Å². The van der Waals surface area contributed by atoms with Gasteiger partial charge in [-0.25, -0.2) is 0 Å². The number of rotatable bonds is 16. The summed E-state index contributed by atoms with van der Waals surface area (Å²) in [5.41, 5.74) is 6.45. The molecule has 2 aromatic carbocycles. The fourth-order valence-corrected chi connectivity index (χ4v) is 18.2. The number of thiophene rings is 1. The summed E-state index contributed by atoms with van der Waals surface area (Å²) in [6.45, 7) is 31.8. The number of pyridine rings is 1. The van der Waals surface area contributed by atoms with Crippen LogP contribution in [-0.4, -0.2) is 23.9 Å². The van der Waals surface area contributed by atoms with Crippen molar-refractivity contribution in [2.75, 3.05) is 0 Å². The van der Waals surface area contributed by atoms with E-state index < -0.39 is 8.07 Å². The van der Waals surface area contributed by atoms with Crippen molar-refractivity contribution in [1.29, 1.82) is 0 Å². The third-order valence-corrected chi connectivity index (χ3v) is 19.6. The van der Waals surface area contributed by atoms with Crippen molar-refractivity contribution in [3.8, 4) is 11.3 Å². The molecule has 0 aliphatic rings. The monoisotopic (exact) mass is 933 g/mol. The summed E-state index contributed by atoms with van der Waals surface area (Å²) in [5.74, 6) is 3.15. The van der Waals surface area contributed by atoms with Gasteiger partial charge in [0.25, 0.3) is 0 Å². The van der Waals surface area contributed by atoms with Crippen molar-refractivity contribution in [1.82, 2.24) is 4.98 Å². The number of carbonyl (C=O) groups excluding carboxylic acids is 1. The Labute approximate surface area is 342 Å². The quantitative estimate of drug-likeness (QED) is 0.0527. The molecule has 2 aromatic heterocycles. The van der Waals surface area contributed by atoms with Crippen molar-refractivity contribution in [3.63, 3.8) is 0 Å². The van der Waals surface area contributed by atoms with Crippen molar-refractivity contribution in [2.45, 2.75) is 147 Å². The zero-order valence-corrected chi connectivity index (χ0v) is 39.7. The molecule has 295 valence electrons. The molecule has 2 heterocycles. The molecular formula is C47H70IrNO2SSi-. The van der Waals surface area contributed by atoms with Crippen LogP contribution in [0, 0.1) is 49.5 Å². The third kappa shape index (κ3) is 11.9. The molecule has 0 saturated heterocycles. The zero-order chi connectivity index (χ0) is 38.9. The van der Waals surface area contributed by atoms with Gasteiger partial charge in [-0.05, 0) is 84.7 Å². The number of hydrogen-bond donors (Lipinski definition) is 1. The van der Waals surface area contributed by atoms with E-state index in [0.717, 1.165) is 54.7 Å². The second-order valence-electron chi connectivity index (χ2n) is 17.0. The van der Waals surface area contributed by atoms with E-state index in [0.29, 0.717) is 5.92 Å². The predicted octanol–water partition coefficient (Wildman–Crippen LogP) is 14.1. The first-order valence-electron chi connectivity index (χ1n) is 20.3. The summed E-state index contributed by atoms with van der Waals surface area (Å²) in [6, 6.07) is 19.3. The molecule has 0 aliphatic carbocycles. The van der Waals surface area contributed by atoms with Crippen LogP contribution in [-0.2, 0) is 24.9 Å². The molecule has 0 aliphatic heterocycles.